The first kappa shape index (κ1) is 33.5. The highest BCUT2D eigenvalue weighted by molar-refractivity contribution is 7.25. The number of benzene rings is 8. The van der Waals surface area contributed by atoms with Crippen LogP contribution in [0.3, 0.4) is 0 Å². The largest absolute Gasteiger partial charge is 0.307 e. The summed E-state index contributed by atoms with van der Waals surface area (Å²) in [6.07, 6.45) is 0. The molecule has 0 aliphatic rings. The lowest BCUT2D eigenvalue weighted by molar-refractivity contribution is 0.954. The minimum absolute atomic E-state index is 0.554. The molecule has 0 radical (unpaired) electrons. The third-order valence-corrected chi connectivity index (χ3v) is 13.9. The van der Waals surface area contributed by atoms with Gasteiger partial charge in [-0.1, -0.05) is 121 Å². The Balaban J connectivity index is 1.15. The van der Waals surface area contributed by atoms with E-state index in [1.54, 1.807) is 11.3 Å². The summed E-state index contributed by atoms with van der Waals surface area (Å²) in [5.41, 5.74) is 9.24. The van der Waals surface area contributed by atoms with E-state index in [0.717, 1.165) is 75.8 Å². The SMILES string of the molecule is c1ccc(-c2nc3cccc(-c4nc(-c5ccc6sc7ccccc7c6c5)nc(-n5c6ccccc6c6ccc7c8ccccc8n(-c8ccccc8)c7c65)n4)c3s2)cc1. The number of para-hydroxylation sites is 3. The Labute approximate surface area is 350 Å². The Morgan fingerprint density at radius 1 is 0.383 bits per heavy atom. The first-order chi connectivity index (χ1) is 29.7. The molecule has 0 spiro atoms. The standard InChI is InChI=1S/C52H30N6S2/c1-3-14-31(15-4-1)51-53-41-22-13-21-39(48(41)60-51)50-54-49(32-26-29-45-40(30-32)36-20-9-12-25-44(36)59-45)55-52(56-50)58-43-24-11-8-19-35(43)38-28-27-37-34-18-7-10-23-42(34)57(46(37)47(38)58)33-16-5-2-6-17-33/h1-30H. The van der Waals surface area contributed by atoms with Crippen LogP contribution in [0, 0.1) is 0 Å². The number of rotatable bonds is 5. The van der Waals surface area contributed by atoms with Crippen LogP contribution in [0.1, 0.15) is 0 Å². The van der Waals surface area contributed by atoms with Crippen molar-refractivity contribution in [1.29, 1.82) is 0 Å². The Bertz CT molecular complexity index is 3840. The van der Waals surface area contributed by atoms with Gasteiger partial charge in [0.05, 0.1) is 32.3 Å². The van der Waals surface area contributed by atoms with Gasteiger partial charge in [-0.15, -0.1) is 22.7 Å². The van der Waals surface area contributed by atoms with Crippen molar-refractivity contribution in [1.82, 2.24) is 29.1 Å². The molecule has 8 aromatic carbocycles. The number of thiazole rings is 1. The van der Waals surface area contributed by atoms with Crippen LogP contribution in [-0.2, 0) is 0 Å². The zero-order chi connectivity index (χ0) is 39.3. The molecule has 0 bridgehead atoms. The van der Waals surface area contributed by atoms with E-state index in [1.807, 2.05) is 17.4 Å². The Kier molecular flexibility index (Phi) is 7.24. The molecule has 0 N–H and O–H groups in total. The van der Waals surface area contributed by atoms with Gasteiger partial charge in [0.2, 0.25) is 5.95 Å². The third-order valence-electron chi connectivity index (χ3n) is 11.6. The van der Waals surface area contributed by atoms with Gasteiger partial charge in [0, 0.05) is 64.1 Å². The van der Waals surface area contributed by atoms with Crippen molar-refractivity contribution >= 4 is 96.7 Å². The summed E-state index contributed by atoms with van der Waals surface area (Å²) in [6, 6.07) is 64.3. The zero-order valence-corrected chi connectivity index (χ0v) is 33.5. The minimum Gasteiger partial charge on any atom is -0.307 e. The maximum absolute atomic E-state index is 5.48. The summed E-state index contributed by atoms with van der Waals surface area (Å²) in [5.74, 6) is 1.76. The van der Waals surface area contributed by atoms with Crippen LogP contribution < -0.4 is 0 Å². The highest BCUT2D eigenvalue weighted by Gasteiger charge is 2.24. The normalized spacial score (nSPS) is 12.0. The monoisotopic (exact) mass is 802 g/mol. The van der Waals surface area contributed by atoms with Crippen LogP contribution in [0.5, 0.6) is 0 Å². The molecular weight excluding hydrogens is 773 g/mol. The van der Waals surface area contributed by atoms with Crippen LogP contribution in [0.2, 0.25) is 0 Å². The first-order valence-corrected chi connectivity index (χ1v) is 21.5. The third kappa shape index (κ3) is 4.98. The van der Waals surface area contributed by atoms with Gasteiger partial charge < -0.3 is 4.57 Å². The fourth-order valence-corrected chi connectivity index (χ4v) is 11.1. The molecule has 5 heterocycles. The van der Waals surface area contributed by atoms with Crippen LogP contribution in [0.25, 0.3) is 119 Å². The molecule has 0 saturated carbocycles. The van der Waals surface area contributed by atoms with Crippen LogP contribution in [0.4, 0.5) is 0 Å². The molecule has 0 saturated heterocycles. The summed E-state index contributed by atoms with van der Waals surface area (Å²) in [7, 11) is 0. The summed E-state index contributed by atoms with van der Waals surface area (Å²) < 4.78 is 8.18. The molecule has 0 aliphatic heterocycles. The van der Waals surface area contributed by atoms with E-state index in [0.29, 0.717) is 17.6 Å². The molecule has 0 unspecified atom stereocenters. The number of hydrogen-bond donors (Lipinski definition) is 0. The Morgan fingerprint density at radius 3 is 1.80 bits per heavy atom. The maximum atomic E-state index is 5.48. The smallest absolute Gasteiger partial charge is 0.238 e. The molecule has 0 fully saturated rings. The van der Waals surface area contributed by atoms with Gasteiger partial charge in [0.1, 0.15) is 5.01 Å². The summed E-state index contributed by atoms with van der Waals surface area (Å²) >= 11 is 3.48. The summed E-state index contributed by atoms with van der Waals surface area (Å²) in [4.78, 5) is 21.4. The van der Waals surface area contributed by atoms with Crippen molar-refractivity contribution < 1.29 is 0 Å². The molecule has 5 aromatic heterocycles. The lowest BCUT2D eigenvalue weighted by Gasteiger charge is -2.13. The fourth-order valence-electron chi connectivity index (χ4n) is 8.96. The van der Waals surface area contributed by atoms with E-state index in [9.17, 15) is 0 Å². The molecule has 0 amide bonds. The minimum atomic E-state index is 0.554. The molecule has 0 atom stereocenters. The van der Waals surface area contributed by atoms with E-state index in [4.69, 9.17) is 19.9 Å². The lowest BCUT2D eigenvalue weighted by Crippen LogP contribution is -2.07. The van der Waals surface area contributed by atoms with Crippen LogP contribution >= 0.6 is 22.7 Å². The van der Waals surface area contributed by atoms with Crippen molar-refractivity contribution in [2.45, 2.75) is 0 Å². The second kappa shape index (κ2) is 13.0. The van der Waals surface area contributed by atoms with E-state index in [2.05, 4.69) is 185 Å². The van der Waals surface area contributed by atoms with E-state index < -0.39 is 0 Å². The molecule has 13 aromatic rings. The van der Waals surface area contributed by atoms with Crippen molar-refractivity contribution in [3.8, 4) is 45.0 Å². The molecule has 280 valence electrons. The number of nitrogens with zero attached hydrogens (tertiary/aromatic N) is 6. The Hall–Kier alpha value is -7.52. The second-order valence-corrected chi connectivity index (χ2v) is 17.1. The van der Waals surface area contributed by atoms with Gasteiger partial charge in [0.25, 0.3) is 0 Å². The highest BCUT2D eigenvalue weighted by Crippen LogP contribution is 2.43. The van der Waals surface area contributed by atoms with Crippen molar-refractivity contribution in [3.63, 3.8) is 0 Å². The van der Waals surface area contributed by atoms with Gasteiger partial charge >= 0.3 is 0 Å². The number of hydrogen-bond acceptors (Lipinski definition) is 6. The number of aromatic nitrogens is 6. The Morgan fingerprint density at radius 2 is 1.02 bits per heavy atom. The van der Waals surface area contributed by atoms with Crippen molar-refractivity contribution in [2.24, 2.45) is 0 Å². The lowest BCUT2D eigenvalue weighted by atomic mass is 10.1. The molecule has 0 aliphatic carbocycles. The fraction of sp³-hybridized carbons (Fsp3) is 0. The zero-order valence-electron chi connectivity index (χ0n) is 31.8. The van der Waals surface area contributed by atoms with Crippen molar-refractivity contribution in [2.75, 3.05) is 0 Å². The van der Waals surface area contributed by atoms with Crippen LogP contribution in [0.15, 0.2) is 182 Å². The maximum Gasteiger partial charge on any atom is 0.238 e. The molecule has 8 heteroatoms. The molecule has 13 rings (SSSR count). The van der Waals surface area contributed by atoms with E-state index in [-0.39, 0.29) is 0 Å². The van der Waals surface area contributed by atoms with Gasteiger partial charge in [0.15, 0.2) is 11.6 Å². The highest BCUT2D eigenvalue weighted by atomic mass is 32.1. The number of thiophene rings is 1. The van der Waals surface area contributed by atoms with Gasteiger partial charge in [-0.2, -0.15) is 9.97 Å². The van der Waals surface area contributed by atoms with Crippen LogP contribution in [-0.4, -0.2) is 29.1 Å². The van der Waals surface area contributed by atoms with Gasteiger partial charge in [-0.05, 0) is 60.7 Å². The predicted molar refractivity (Wildman–Crippen MR) is 251 cm³/mol. The van der Waals surface area contributed by atoms with Crippen molar-refractivity contribution in [3.05, 3.63) is 182 Å². The molecular formula is C52H30N6S2. The first-order valence-electron chi connectivity index (χ1n) is 19.9. The molecule has 60 heavy (non-hydrogen) atoms. The quantitative estimate of drug-likeness (QED) is 0.174. The topological polar surface area (TPSA) is 61.4 Å². The average Bonchev–Trinajstić information content (AvgIpc) is 4.08. The van der Waals surface area contributed by atoms with E-state index >= 15 is 0 Å². The average molecular weight is 803 g/mol. The second-order valence-electron chi connectivity index (χ2n) is 15.0. The van der Waals surface area contributed by atoms with Gasteiger partial charge in [-0.25, -0.2) is 9.97 Å². The molecule has 6 nitrogen and oxygen atoms in total. The summed E-state index contributed by atoms with van der Waals surface area (Å²) in [6.45, 7) is 0. The van der Waals surface area contributed by atoms with E-state index in [1.165, 1.54) is 25.6 Å². The number of fused-ring (bicyclic) bond motifs is 11. The predicted octanol–water partition coefficient (Wildman–Crippen LogP) is 14.0. The summed E-state index contributed by atoms with van der Waals surface area (Å²) in [5, 5.41) is 8.00. The van der Waals surface area contributed by atoms with Gasteiger partial charge in [-0.3, -0.25) is 4.57 Å².